The number of nitrogens with one attached hydrogen (secondary N) is 2. The first-order valence-electron chi connectivity index (χ1n) is 2.91. The van der Waals surface area contributed by atoms with Crippen LogP contribution in [0.3, 0.4) is 0 Å². The number of rotatable bonds is 1. The highest BCUT2D eigenvalue weighted by Gasteiger charge is 1.97. The van der Waals surface area contributed by atoms with Crippen molar-refractivity contribution in [3.63, 3.8) is 0 Å². The zero-order chi connectivity index (χ0) is 6.69. The second-order valence-electron chi connectivity index (χ2n) is 2.04. The van der Waals surface area contributed by atoms with E-state index in [2.05, 4.69) is 10.7 Å². The molecule has 0 aliphatic carbocycles. The van der Waals surface area contributed by atoms with Crippen molar-refractivity contribution in [2.75, 3.05) is 6.54 Å². The zero-order valence-corrected chi connectivity index (χ0v) is 5.44. The molecule has 1 heterocycles. The van der Waals surface area contributed by atoms with E-state index in [-0.39, 0.29) is 0 Å². The average Bonchev–Trinajstić information content (AvgIpc) is 1.90. The topological polar surface area (TPSA) is 50.1 Å². The second kappa shape index (κ2) is 2.55. The Hall–Kier alpha value is -0.960. The number of allylic oxidation sites excluding steroid dienone is 3. The molecule has 0 spiro atoms. The van der Waals surface area contributed by atoms with Gasteiger partial charge in [0.2, 0.25) is 0 Å². The molecule has 1 rings (SSSR count). The van der Waals surface area contributed by atoms with Crippen LogP contribution in [0.4, 0.5) is 0 Å². The summed E-state index contributed by atoms with van der Waals surface area (Å²) in [4.78, 5) is 0. The van der Waals surface area contributed by atoms with Crippen LogP contribution in [0.2, 0.25) is 0 Å². The molecule has 0 radical (unpaired) electrons. The van der Waals surface area contributed by atoms with Crippen LogP contribution in [0, 0.1) is 0 Å². The maximum Gasteiger partial charge on any atom is 0.0558 e. The van der Waals surface area contributed by atoms with Crippen LogP contribution >= 0.6 is 0 Å². The van der Waals surface area contributed by atoms with Crippen LogP contribution in [-0.2, 0) is 0 Å². The summed E-state index contributed by atoms with van der Waals surface area (Å²) >= 11 is 0. The van der Waals surface area contributed by atoms with Crippen LogP contribution in [0.25, 0.3) is 0 Å². The van der Waals surface area contributed by atoms with Crippen LogP contribution in [0.15, 0.2) is 23.5 Å². The summed E-state index contributed by atoms with van der Waals surface area (Å²) < 4.78 is 0. The second-order valence-corrected chi connectivity index (χ2v) is 2.04. The lowest BCUT2D eigenvalue weighted by Gasteiger charge is -2.13. The van der Waals surface area contributed by atoms with E-state index in [0.717, 1.165) is 12.2 Å². The van der Waals surface area contributed by atoms with Crippen LogP contribution in [0.5, 0.6) is 0 Å². The zero-order valence-electron chi connectivity index (χ0n) is 5.44. The summed E-state index contributed by atoms with van der Waals surface area (Å²) in [6.07, 6.45) is 3.95. The maximum absolute atomic E-state index is 5.16. The fourth-order valence-corrected chi connectivity index (χ4v) is 0.677. The molecule has 9 heavy (non-hydrogen) atoms. The number of hydrogen-bond donors (Lipinski definition) is 3. The molecule has 0 aromatic carbocycles. The molecule has 0 aromatic rings. The molecular weight excluding hydrogens is 114 g/mol. The van der Waals surface area contributed by atoms with E-state index in [0.29, 0.717) is 0 Å². The van der Waals surface area contributed by atoms with Crippen LogP contribution < -0.4 is 16.6 Å². The Labute approximate surface area is 54.6 Å². The van der Waals surface area contributed by atoms with Crippen LogP contribution in [-0.4, -0.2) is 6.54 Å². The van der Waals surface area contributed by atoms with Crippen molar-refractivity contribution in [1.82, 2.24) is 10.7 Å². The average molecular weight is 125 g/mol. The van der Waals surface area contributed by atoms with E-state index in [1.165, 1.54) is 5.70 Å². The third-order valence-electron chi connectivity index (χ3n) is 1.28. The molecule has 1 aliphatic heterocycles. The third-order valence-corrected chi connectivity index (χ3v) is 1.28. The Kier molecular flexibility index (Phi) is 1.75. The van der Waals surface area contributed by atoms with Gasteiger partial charge in [0.1, 0.15) is 0 Å². The highest BCUT2D eigenvalue weighted by molar-refractivity contribution is 5.20. The molecule has 0 saturated carbocycles. The van der Waals surface area contributed by atoms with Gasteiger partial charge in [-0.05, 0) is 19.1 Å². The van der Waals surface area contributed by atoms with Gasteiger partial charge in [0.05, 0.1) is 6.54 Å². The largest absolute Gasteiger partial charge is 0.383 e. The van der Waals surface area contributed by atoms with Gasteiger partial charge in [-0.25, -0.2) is 0 Å². The van der Waals surface area contributed by atoms with Gasteiger partial charge in [0, 0.05) is 11.4 Å². The molecule has 0 aromatic heterocycles. The van der Waals surface area contributed by atoms with Gasteiger partial charge in [-0.1, -0.05) is 0 Å². The summed E-state index contributed by atoms with van der Waals surface area (Å²) in [5.74, 6) is 5.16. The minimum atomic E-state index is 0.804. The molecule has 0 atom stereocenters. The van der Waals surface area contributed by atoms with Crippen molar-refractivity contribution in [2.24, 2.45) is 5.84 Å². The molecule has 4 N–H and O–H groups in total. The summed E-state index contributed by atoms with van der Waals surface area (Å²) in [7, 11) is 0. The smallest absolute Gasteiger partial charge is 0.0558 e. The number of dihydropyridines is 1. The van der Waals surface area contributed by atoms with Gasteiger partial charge in [-0.2, -0.15) is 0 Å². The monoisotopic (exact) mass is 125 g/mol. The minimum Gasteiger partial charge on any atom is -0.383 e. The highest BCUT2D eigenvalue weighted by atomic mass is 15.2. The molecule has 1 aliphatic rings. The van der Waals surface area contributed by atoms with Crippen molar-refractivity contribution in [1.29, 1.82) is 0 Å². The Balaban J connectivity index is 2.59. The normalized spacial score (nSPS) is 17.6. The molecule has 3 heteroatoms. The van der Waals surface area contributed by atoms with Gasteiger partial charge in [0.25, 0.3) is 0 Å². The van der Waals surface area contributed by atoms with Crippen molar-refractivity contribution in [3.05, 3.63) is 23.5 Å². The Morgan fingerprint density at radius 2 is 2.44 bits per heavy atom. The quantitative estimate of drug-likeness (QED) is 0.337. The highest BCUT2D eigenvalue weighted by Crippen LogP contribution is 1.97. The Morgan fingerprint density at radius 1 is 1.67 bits per heavy atom. The van der Waals surface area contributed by atoms with Crippen molar-refractivity contribution < 1.29 is 0 Å². The number of hydrogen-bond acceptors (Lipinski definition) is 3. The van der Waals surface area contributed by atoms with Crippen molar-refractivity contribution >= 4 is 0 Å². The third kappa shape index (κ3) is 1.47. The number of hydrazine groups is 1. The predicted molar refractivity (Wildman–Crippen MR) is 37.2 cm³/mol. The van der Waals surface area contributed by atoms with Crippen LogP contribution in [0.1, 0.15) is 6.92 Å². The van der Waals surface area contributed by atoms with Gasteiger partial charge in [0.15, 0.2) is 0 Å². The molecule has 0 unspecified atom stereocenters. The SMILES string of the molecule is CC1=CC=C(NN)CN1. The first-order valence-corrected chi connectivity index (χ1v) is 2.91. The van der Waals surface area contributed by atoms with E-state index in [4.69, 9.17) is 5.84 Å². The lowest BCUT2D eigenvalue weighted by atomic mass is 10.3. The molecule has 0 amide bonds. The van der Waals surface area contributed by atoms with Crippen molar-refractivity contribution in [2.45, 2.75) is 6.92 Å². The summed E-state index contributed by atoms with van der Waals surface area (Å²) in [5.41, 5.74) is 4.77. The molecule has 0 bridgehead atoms. The van der Waals surface area contributed by atoms with Gasteiger partial charge in [-0.3, -0.25) is 5.84 Å². The predicted octanol–water partition coefficient (Wildman–Crippen LogP) is -0.159. The summed E-state index contributed by atoms with van der Waals surface area (Å²) in [5, 5.41) is 3.13. The first kappa shape index (κ1) is 6.16. The Bertz CT molecular complexity index is 158. The fourth-order valence-electron chi connectivity index (χ4n) is 0.677. The van der Waals surface area contributed by atoms with E-state index >= 15 is 0 Å². The molecule has 0 saturated heterocycles. The lowest BCUT2D eigenvalue weighted by molar-refractivity contribution is 0.758. The van der Waals surface area contributed by atoms with Crippen molar-refractivity contribution in [3.8, 4) is 0 Å². The summed E-state index contributed by atoms with van der Waals surface area (Å²) in [6.45, 7) is 2.82. The molecule has 0 fully saturated rings. The standard InChI is InChI=1S/C6H11N3/c1-5-2-3-6(9-7)4-8-5/h2-3,8-9H,4,7H2,1H3. The minimum absolute atomic E-state index is 0.804. The number of nitrogens with two attached hydrogens (primary N) is 1. The summed E-state index contributed by atoms with van der Waals surface area (Å²) in [6, 6.07) is 0. The molecule has 3 nitrogen and oxygen atoms in total. The van der Waals surface area contributed by atoms with Gasteiger partial charge >= 0.3 is 0 Å². The fraction of sp³-hybridized carbons (Fsp3) is 0.333. The maximum atomic E-state index is 5.16. The van der Waals surface area contributed by atoms with E-state index in [9.17, 15) is 0 Å². The lowest BCUT2D eigenvalue weighted by Crippen LogP contribution is -2.30. The van der Waals surface area contributed by atoms with Gasteiger partial charge < -0.3 is 10.7 Å². The van der Waals surface area contributed by atoms with E-state index in [1.54, 1.807) is 0 Å². The van der Waals surface area contributed by atoms with E-state index in [1.807, 2.05) is 19.1 Å². The van der Waals surface area contributed by atoms with E-state index < -0.39 is 0 Å². The van der Waals surface area contributed by atoms with Gasteiger partial charge in [-0.15, -0.1) is 0 Å². The molecule has 50 valence electrons. The molecular formula is C6H11N3. The Morgan fingerprint density at radius 3 is 2.89 bits per heavy atom. The first-order chi connectivity index (χ1) is 4.33.